The first-order valence-electron chi connectivity index (χ1n) is 8.57. The van der Waals surface area contributed by atoms with Crippen molar-refractivity contribution in [2.75, 3.05) is 11.5 Å². The molecule has 0 unspecified atom stereocenters. The highest BCUT2D eigenvalue weighted by atomic mass is 32.2. The highest BCUT2D eigenvalue weighted by molar-refractivity contribution is 8.16. The van der Waals surface area contributed by atoms with Crippen LogP contribution < -0.4 is 4.74 Å². The minimum Gasteiger partial charge on any atom is -0.423 e. The van der Waals surface area contributed by atoms with Gasteiger partial charge in [-0.1, -0.05) is 49.4 Å². The topological polar surface area (TPSA) is 26.3 Å². The zero-order valence-electron chi connectivity index (χ0n) is 14.3. The van der Waals surface area contributed by atoms with Crippen LogP contribution in [0.5, 0.6) is 5.75 Å². The fourth-order valence-electron chi connectivity index (χ4n) is 2.67. The van der Waals surface area contributed by atoms with Crippen LogP contribution in [0.2, 0.25) is 0 Å². The maximum Gasteiger partial charge on any atom is 0.336 e. The van der Waals surface area contributed by atoms with Gasteiger partial charge in [0.2, 0.25) is 0 Å². The van der Waals surface area contributed by atoms with Gasteiger partial charge in [0.1, 0.15) is 5.75 Å². The predicted octanol–water partition coefficient (Wildman–Crippen LogP) is 5.74. The van der Waals surface area contributed by atoms with Crippen molar-refractivity contribution in [3.8, 4) is 5.75 Å². The molecule has 0 bridgehead atoms. The van der Waals surface area contributed by atoms with Crippen LogP contribution >= 0.6 is 23.5 Å². The molecular weight excluding hydrogens is 348 g/mol. The van der Waals surface area contributed by atoms with Crippen molar-refractivity contribution in [1.82, 2.24) is 0 Å². The SMILES string of the molecule is CCc1cc(C2SCCCS2)ccc1OC(=O)/C=C/c1ccccc1. The molecule has 1 saturated heterocycles. The maximum atomic E-state index is 12.1. The number of ether oxygens (including phenoxy) is 1. The third-order valence-corrected chi connectivity index (χ3v) is 7.00. The van der Waals surface area contributed by atoms with E-state index in [1.807, 2.05) is 59.9 Å². The molecule has 0 spiro atoms. The summed E-state index contributed by atoms with van der Waals surface area (Å²) in [6, 6.07) is 16.0. The fourth-order valence-corrected chi connectivity index (χ4v) is 5.55. The molecule has 130 valence electrons. The lowest BCUT2D eigenvalue weighted by molar-refractivity contribution is -0.128. The van der Waals surface area contributed by atoms with Crippen LogP contribution in [0.15, 0.2) is 54.6 Å². The minimum absolute atomic E-state index is 0.340. The van der Waals surface area contributed by atoms with Crippen LogP contribution in [0.4, 0.5) is 0 Å². The average Bonchev–Trinajstić information content (AvgIpc) is 2.68. The van der Waals surface area contributed by atoms with Crippen molar-refractivity contribution in [3.63, 3.8) is 0 Å². The van der Waals surface area contributed by atoms with E-state index in [1.165, 1.54) is 29.6 Å². The molecule has 2 aromatic rings. The Kier molecular flexibility index (Phi) is 6.65. The van der Waals surface area contributed by atoms with Crippen LogP contribution in [0.25, 0.3) is 6.08 Å². The molecule has 0 radical (unpaired) electrons. The van der Waals surface area contributed by atoms with Crippen LogP contribution in [0.3, 0.4) is 0 Å². The second-order valence-electron chi connectivity index (χ2n) is 5.81. The number of esters is 1. The van der Waals surface area contributed by atoms with Gasteiger partial charge in [-0.05, 0) is 53.2 Å². The zero-order valence-corrected chi connectivity index (χ0v) is 15.9. The average molecular weight is 371 g/mol. The largest absolute Gasteiger partial charge is 0.423 e. The van der Waals surface area contributed by atoms with Crippen molar-refractivity contribution < 1.29 is 9.53 Å². The van der Waals surface area contributed by atoms with Crippen LogP contribution in [-0.2, 0) is 11.2 Å². The van der Waals surface area contributed by atoms with Gasteiger partial charge in [-0.3, -0.25) is 0 Å². The monoisotopic (exact) mass is 370 g/mol. The van der Waals surface area contributed by atoms with E-state index in [2.05, 4.69) is 19.1 Å². The molecule has 0 aliphatic carbocycles. The third kappa shape index (κ3) is 5.16. The van der Waals surface area contributed by atoms with Crippen molar-refractivity contribution in [2.45, 2.75) is 24.3 Å². The normalized spacial score (nSPS) is 15.4. The molecule has 4 heteroatoms. The summed E-state index contributed by atoms with van der Waals surface area (Å²) in [6.45, 7) is 2.09. The summed E-state index contributed by atoms with van der Waals surface area (Å²) in [7, 11) is 0. The lowest BCUT2D eigenvalue weighted by atomic mass is 10.1. The Morgan fingerprint density at radius 2 is 1.92 bits per heavy atom. The summed E-state index contributed by atoms with van der Waals surface area (Å²) in [6.07, 6.45) is 5.39. The Balaban J connectivity index is 1.69. The highest BCUT2D eigenvalue weighted by Gasteiger charge is 2.18. The van der Waals surface area contributed by atoms with Gasteiger partial charge in [-0.25, -0.2) is 4.79 Å². The van der Waals surface area contributed by atoms with Gasteiger partial charge < -0.3 is 4.74 Å². The lowest BCUT2D eigenvalue weighted by Crippen LogP contribution is -2.07. The van der Waals surface area contributed by atoms with E-state index in [-0.39, 0.29) is 5.97 Å². The van der Waals surface area contributed by atoms with E-state index in [1.54, 1.807) is 6.08 Å². The summed E-state index contributed by atoms with van der Waals surface area (Å²) >= 11 is 4.01. The first-order chi connectivity index (χ1) is 12.3. The number of carbonyl (C=O) groups is 1. The van der Waals surface area contributed by atoms with Gasteiger partial charge in [-0.2, -0.15) is 0 Å². The van der Waals surface area contributed by atoms with Gasteiger partial charge in [0.05, 0.1) is 4.58 Å². The highest BCUT2D eigenvalue weighted by Crippen LogP contribution is 2.44. The Labute approximate surface area is 158 Å². The smallest absolute Gasteiger partial charge is 0.336 e. The molecule has 3 rings (SSSR count). The second kappa shape index (κ2) is 9.16. The van der Waals surface area contributed by atoms with Crippen LogP contribution in [0, 0.1) is 0 Å². The Bertz CT molecular complexity index is 735. The number of thioether (sulfide) groups is 2. The Morgan fingerprint density at radius 3 is 2.64 bits per heavy atom. The molecule has 1 fully saturated rings. The number of aryl methyl sites for hydroxylation is 1. The summed E-state index contributed by atoms with van der Waals surface area (Å²) in [4.78, 5) is 12.1. The van der Waals surface area contributed by atoms with E-state index >= 15 is 0 Å². The Hall–Kier alpha value is -1.65. The van der Waals surface area contributed by atoms with E-state index in [4.69, 9.17) is 4.74 Å². The van der Waals surface area contributed by atoms with Crippen molar-refractivity contribution in [1.29, 1.82) is 0 Å². The number of carbonyl (C=O) groups excluding carboxylic acids is 1. The molecule has 0 atom stereocenters. The van der Waals surface area contributed by atoms with Gasteiger partial charge in [0.15, 0.2) is 0 Å². The first-order valence-corrected chi connectivity index (χ1v) is 10.7. The van der Waals surface area contributed by atoms with E-state index in [9.17, 15) is 4.79 Å². The van der Waals surface area contributed by atoms with E-state index < -0.39 is 0 Å². The van der Waals surface area contributed by atoms with Crippen molar-refractivity contribution >= 4 is 35.6 Å². The third-order valence-electron chi connectivity index (χ3n) is 3.99. The summed E-state index contributed by atoms with van der Waals surface area (Å²) < 4.78 is 6.06. The summed E-state index contributed by atoms with van der Waals surface area (Å²) in [5, 5.41) is 0. The summed E-state index contributed by atoms with van der Waals surface area (Å²) in [5.41, 5.74) is 3.40. The number of rotatable bonds is 5. The van der Waals surface area contributed by atoms with Gasteiger partial charge in [0.25, 0.3) is 0 Å². The summed E-state index contributed by atoms with van der Waals surface area (Å²) in [5.74, 6) is 2.77. The van der Waals surface area contributed by atoms with E-state index in [0.717, 1.165) is 17.5 Å². The zero-order chi connectivity index (χ0) is 17.5. The van der Waals surface area contributed by atoms with Gasteiger partial charge >= 0.3 is 5.97 Å². The number of hydrogen-bond donors (Lipinski definition) is 0. The molecule has 2 aromatic carbocycles. The lowest BCUT2D eigenvalue weighted by Gasteiger charge is -2.22. The number of hydrogen-bond acceptors (Lipinski definition) is 4. The fraction of sp³-hybridized carbons (Fsp3) is 0.286. The van der Waals surface area contributed by atoms with Crippen molar-refractivity contribution in [2.24, 2.45) is 0 Å². The molecule has 1 aliphatic rings. The van der Waals surface area contributed by atoms with Crippen LogP contribution in [-0.4, -0.2) is 17.5 Å². The molecule has 0 saturated carbocycles. The molecule has 1 heterocycles. The molecule has 2 nitrogen and oxygen atoms in total. The molecule has 1 aliphatic heterocycles. The van der Waals surface area contributed by atoms with Crippen molar-refractivity contribution in [3.05, 3.63) is 71.3 Å². The molecule has 0 N–H and O–H groups in total. The standard InChI is InChI=1S/C21H22O2S2/c1-2-17-15-18(21-24-13-6-14-25-21)10-11-19(17)23-20(22)12-9-16-7-4-3-5-8-16/h3-5,7-12,15,21H,2,6,13-14H2,1H3/b12-9+. The molecule has 0 amide bonds. The molecular formula is C21H22O2S2. The van der Waals surface area contributed by atoms with Gasteiger partial charge in [0, 0.05) is 6.08 Å². The van der Waals surface area contributed by atoms with E-state index in [0.29, 0.717) is 10.3 Å². The quantitative estimate of drug-likeness (QED) is 0.381. The maximum absolute atomic E-state index is 12.1. The molecule has 0 aromatic heterocycles. The predicted molar refractivity (Wildman–Crippen MR) is 109 cm³/mol. The molecule has 25 heavy (non-hydrogen) atoms. The van der Waals surface area contributed by atoms with Crippen LogP contribution in [0.1, 0.15) is 34.6 Å². The minimum atomic E-state index is -0.340. The second-order valence-corrected chi connectivity index (χ2v) is 8.54. The first kappa shape index (κ1) is 18.2. The number of benzene rings is 2. The van der Waals surface area contributed by atoms with Gasteiger partial charge in [-0.15, -0.1) is 23.5 Å². The Morgan fingerprint density at radius 1 is 1.16 bits per heavy atom.